The van der Waals surface area contributed by atoms with Crippen LogP contribution in [0.15, 0.2) is 66.9 Å². The first kappa shape index (κ1) is 14.1. The maximum Gasteiger partial charge on any atom is 0.244 e. The maximum absolute atomic E-state index is 11.8. The van der Waals surface area contributed by atoms with E-state index in [4.69, 9.17) is 0 Å². The van der Waals surface area contributed by atoms with Gasteiger partial charge in [-0.15, -0.1) is 0 Å². The smallest absolute Gasteiger partial charge is 0.244 e. The van der Waals surface area contributed by atoms with E-state index in [-0.39, 0.29) is 5.91 Å². The number of nitrogens with one attached hydrogen (secondary N) is 2. The molecule has 1 aromatic heterocycles. The molecule has 0 aliphatic rings. The van der Waals surface area contributed by atoms with E-state index in [2.05, 4.69) is 34.6 Å². The molecule has 0 spiro atoms. The van der Waals surface area contributed by atoms with Crippen LogP contribution in [-0.4, -0.2) is 17.4 Å². The zero-order valence-corrected chi connectivity index (χ0v) is 12.3. The largest absolute Gasteiger partial charge is 0.361 e. The van der Waals surface area contributed by atoms with E-state index in [1.165, 1.54) is 10.9 Å². The van der Waals surface area contributed by atoms with Crippen LogP contribution in [0.3, 0.4) is 0 Å². The highest BCUT2D eigenvalue weighted by atomic mass is 16.1. The molecule has 3 rings (SSSR count). The number of fused-ring (bicyclic) bond motifs is 1. The lowest BCUT2D eigenvalue weighted by atomic mass is 10.1. The van der Waals surface area contributed by atoms with Crippen molar-refractivity contribution in [2.75, 3.05) is 6.54 Å². The molecular weight excluding hydrogens is 272 g/mol. The average molecular weight is 290 g/mol. The fourth-order valence-corrected chi connectivity index (χ4v) is 2.38. The van der Waals surface area contributed by atoms with Crippen molar-refractivity contribution in [1.29, 1.82) is 0 Å². The summed E-state index contributed by atoms with van der Waals surface area (Å²) in [5.74, 6) is -0.0634. The van der Waals surface area contributed by atoms with E-state index in [0.29, 0.717) is 6.54 Å². The third kappa shape index (κ3) is 3.64. The van der Waals surface area contributed by atoms with Crippen molar-refractivity contribution >= 4 is 22.9 Å². The number of hydrogen-bond acceptors (Lipinski definition) is 1. The lowest BCUT2D eigenvalue weighted by molar-refractivity contribution is -0.116. The Labute approximate surface area is 129 Å². The predicted octanol–water partition coefficient (Wildman–Crippen LogP) is 3.54. The summed E-state index contributed by atoms with van der Waals surface area (Å²) in [7, 11) is 0. The molecule has 1 heterocycles. The van der Waals surface area contributed by atoms with Gasteiger partial charge in [-0.05, 0) is 47.2 Å². The quantitative estimate of drug-likeness (QED) is 0.694. The third-order valence-electron chi connectivity index (χ3n) is 3.56. The minimum absolute atomic E-state index is 0.0634. The van der Waals surface area contributed by atoms with E-state index >= 15 is 0 Å². The van der Waals surface area contributed by atoms with Gasteiger partial charge in [0.05, 0.1) is 0 Å². The second-order valence-corrected chi connectivity index (χ2v) is 5.18. The second kappa shape index (κ2) is 6.76. The summed E-state index contributed by atoms with van der Waals surface area (Å²) in [6.45, 7) is 0.633. The Morgan fingerprint density at radius 2 is 1.95 bits per heavy atom. The summed E-state index contributed by atoms with van der Waals surface area (Å²) in [4.78, 5) is 14.9. The van der Waals surface area contributed by atoms with Crippen LogP contribution >= 0.6 is 0 Å². The molecule has 0 fully saturated rings. The molecular formula is C19H18N2O. The van der Waals surface area contributed by atoms with Gasteiger partial charge in [-0.25, -0.2) is 0 Å². The van der Waals surface area contributed by atoms with Gasteiger partial charge >= 0.3 is 0 Å². The highest BCUT2D eigenvalue weighted by Crippen LogP contribution is 2.14. The zero-order valence-electron chi connectivity index (χ0n) is 12.3. The van der Waals surface area contributed by atoms with E-state index in [1.807, 2.05) is 42.6 Å². The molecule has 0 saturated heterocycles. The van der Waals surface area contributed by atoms with Crippen LogP contribution < -0.4 is 5.32 Å². The van der Waals surface area contributed by atoms with Gasteiger partial charge in [-0.3, -0.25) is 4.79 Å². The molecule has 3 heteroatoms. The SMILES string of the molecule is O=C(/C=C/c1ccccc1)NCCc1ccc2[nH]ccc2c1. The third-order valence-corrected chi connectivity index (χ3v) is 3.56. The number of rotatable bonds is 5. The van der Waals surface area contributed by atoms with Crippen LogP contribution in [0, 0.1) is 0 Å². The van der Waals surface area contributed by atoms with E-state index in [0.717, 1.165) is 17.5 Å². The monoisotopic (exact) mass is 290 g/mol. The maximum atomic E-state index is 11.8. The summed E-state index contributed by atoms with van der Waals surface area (Å²) in [5, 5.41) is 4.11. The number of aromatic amines is 1. The molecule has 2 N–H and O–H groups in total. The fourth-order valence-electron chi connectivity index (χ4n) is 2.38. The standard InChI is InChI=1S/C19H18N2O/c22-19(9-7-15-4-2-1-3-5-15)21-12-10-16-6-8-18-17(14-16)11-13-20-18/h1-9,11,13-14,20H,10,12H2,(H,21,22)/b9-7+. The lowest BCUT2D eigenvalue weighted by Gasteiger charge is -2.03. The summed E-state index contributed by atoms with van der Waals surface area (Å²) < 4.78 is 0. The predicted molar refractivity (Wildman–Crippen MR) is 90.5 cm³/mol. The van der Waals surface area contributed by atoms with E-state index in [1.54, 1.807) is 6.08 Å². The number of benzene rings is 2. The number of hydrogen-bond donors (Lipinski definition) is 2. The minimum atomic E-state index is -0.0634. The Morgan fingerprint density at radius 1 is 1.09 bits per heavy atom. The number of carbonyl (C=O) groups excluding carboxylic acids is 1. The molecule has 0 aliphatic carbocycles. The molecule has 3 nitrogen and oxygen atoms in total. The van der Waals surface area contributed by atoms with Crippen LogP contribution in [0.1, 0.15) is 11.1 Å². The summed E-state index contributed by atoms with van der Waals surface area (Å²) in [6, 6.07) is 18.2. The van der Waals surface area contributed by atoms with E-state index in [9.17, 15) is 4.79 Å². The number of carbonyl (C=O) groups is 1. The molecule has 2 aromatic carbocycles. The van der Waals surface area contributed by atoms with Crippen molar-refractivity contribution < 1.29 is 4.79 Å². The van der Waals surface area contributed by atoms with Crippen molar-refractivity contribution in [1.82, 2.24) is 10.3 Å². The molecule has 0 bridgehead atoms. The molecule has 22 heavy (non-hydrogen) atoms. The van der Waals surface area contributed by atoms with Gasteiger partial charge in [-0.1, -0.05) is 36.4 Å². The van der Waals surface area contributed by atoms with E-state index < -0.39 is 0 Å². The topological polar surface area (TPSA) is 44.9 Å². The molecule has 110 valence electrons. The molecule has 0 aliphatic heterocycles. The molecule has 0 atom stereocenters. The van der Waals surface area contributed by atoms with Crippen molar-refractivity contribution in [3.8, 4) is 0 Å². The van der Waals surface area contributed by atoms with Crippen LogP contribution in [0.4, 0.5) is 0 Å². The normalized spacial score (nSPS) is 11.1. The molecule has 0 unspecified atom stereocenters. The summed E-state index contributed by atoms with van der Waals surface area (Å²) >= 11 is 0. The van der Waals surface area contributed by atoms with Gasteiger partial charge in [0.2, 0.25) is 5.91 Å². The van der Waals surface area contributed by atoms with Crippen LogP contribution in [-0.2, 0) is 11.2 Å². The number of aromatic nitrogens is 1. The summed E-state index contributed by atoms with van der Waals surface area (Å²) in [6.07, 6.45) is 6.16. The Morgan fingerprint density at radius 3 is 2.82 bits per heavy atom. The first-order valence-electron chi connectivity index (χ1n) is 7.38. The van der Waals surface area contributed by atoms with Gasteiger partial charge in [0.15, 0.2) is 0 Å². The van der Waals surface area contributed by atoms with Crippen LogP contribution in [0.25, 0.3) is 17.0 Å². The highest BCUT2D eigenvalue weighted by Gasteiger charge is 1.99. The Balaban J connectivity index is 1.50. The molecule has 3 aromatic rings. The minimum Gasteiger partial charge on any atom is -0.361 e. The van der Waals surface area contributed by atoms with Crippen LogP contribution in [0.5, 0.6) is 0 Å². The molecule has 1 amide bonds. The van der Waals surface area contributed by atoms with Crippen LogP contribution in [0.2, 0.25) is 0 Å². The van der Waals surface area contributed by atoms with Gasteiger partial charge in [0.1, 0.15) is 0 Å². The van der Waals surface area contributed by atoms with Gasteiger partial charge < -0.3 is 10.3 Å². The Hall–Kier alpha value is -2.81. The Bertz CT molecular complexity index is 787. The Kier molecular flexibility index (Phi) is 4.35. The lowest BCUT2D eigenvalue weighted by Crippen LogP contribution is -2.23. The van der Waals surface area contributed by atoms with Crippen molar-refractivity contribution in [2.24, 2.45) is 0 Å². The van der Waals surface area contributed by atoms with Gasteiger partial charge in [0, 0.05) is 24.3 Å². The van der Waals surface area contributed by atoms with Crippen molar-refractivity contribution in [3.05, 3.63) is 78.0 Å². The van der Waals surface area contributed by atoms with Gasteiger partial charge in [0.25, 0.3) is 0 Å². The first-order valence-corrected chi connectivity index (χ1v) is 7.38. The van der Waals surface area contributed by atoms with Crippen molar-refractivity contribution in [2.45, 2.75) is 6.42 Å². The first-order chi connectivity index (χ1) is 10.8. The highest BCUT2D eigenvalue weighted by molar-refractivity contribution is 5.91. The summed E-state index contributed by atoms with van der Waals surface area (Å²) in [5.41, 5.74) is 3.38. The number of amides is 1. The second-order valence-electron chi connectivity index (χ2n) is 5.18. The number of H-pyrrole nitrogens is 1. The van der Waals surface area contributed by atoms with Gasteiger partial charge in [-0.2, -0.15) is 0 Å². The fraction of sp³-hybridized carbons (Fsp3) is 0.105. The zero-order chi connectivity index (χ0) is 15.2. The average Bonchev–Trinajstić information content (AvgIpc) is 3.02. The van der Waals surface area contributed by atoms with Crippen molar-refractivity contribution in [3.63, 3.8) is 0 Å². The molecule has 0 radical (unpaired) electrons. The molecule has 0 saturated carbocycles.